The van der Waals surface area contributed by atoms with E-state index in [0.717, 1.165) is 25.1 Å². The third kappa shape index (κ3) is 4.62. The molecule has 0 saturated carbocycles. The van der Waals surface area contributed by atoms with Gasteiger partial charge in [0.25, 0.3) is 0 Å². The van der Waals surface area contributed by atoms with Crippen molar-refractivity contribution in [3.63, 3.8) is 0 Å². The molecule has 4 heteroatoms. The van der Waals surface area contributed by atoms with Crippen LogP contribution in [0.4, 0.5) is 4.39 Å². The number of nitrogens with zero attached hydrogens (tertiary/aromatic N) is 2. The SMILES string of the molecule is Cc1ccc(C(N)CCN(C)Cc2ccncc2)cc1F. The molecule has 0 amide bonds. The Labute approximate surface area is 125 Å². The first-order chi connectivity index (χ1) is 10.1. The summed E-state index contributed by atoms with van der Waals surface area (Å²) in [5.41, 5.74) is 8.89. The molecule has 0 aliphatic rings. The van der Waals surface area contributed by atoms with Gasteiger partial charge in [0.2, 0.25) is 0 Å². The first kappa shape index (κ1) is 15.6. The minimum atomic E-state index is -0.187. The minimum absolute atomic E-state index is 0.139. The normalized spacial score (nSPS) is 12.6. The van der Waals surface area contributed by atoms with E-state index in [1.165, 1.54) is 5.56 Å². The molecule has 2 rings (SSSR count). The fourth-order valence-corrected chi connectivity index (χ4v) is 2.24. The summed E-state index contributed by atoms with van der Waals surface area (Å²) < 4.78 is 13.6. The van der Waals surface area contributed by atoms with Crippen molar-refractivity contribution in [3.8, 4) is 0 Å². The number of pyridine rings is 1. The summed E-state index contributed by atoms with van der Waals surface area (Å²) >= 11 is 0. The van der Waals surface area contributed by atoms with E-state index in [-0.39, 0.29) is 11.9 Å². The van der Waals surface area contributed by atoms with Gasteiger partial charge in [-0.1, -0.05) is 12.1 Å². The topological polar surface area (TPSA) is 42.1 Å². The molecule has 0 spiro atoms. The van der Waals surface area contributed by atoms with Gasteiger partial charge >= 0.3 is 0 Å². The summed E-state index contributed by atoms with van der Waals surface area (Å²) in [6.45, 7) is 3.48. The second-order valence-electron chi connectivity index (χ2n) is 5.50. The highest BCUT2D eigenvalue weighted by Crippen LogP contribution is 2.18. The summed E-state index contributed by atoms with van der Waals surface area (Å²) in [5.74, 6) is -0.187. The van der Waals surface area contributed by atoms with Crippen molar-refractivity contribution in [2.75, 3.05) is 13.6 Å². The Morgan fingerprint density at radius 2 is 1.95 bits per heavy atom. The van der Waals surface area contributed by atoms with Gasteiger partial charge in [-0.25, -0.2) is 4.39 Å². The number of aryl methyl sites for hydroxylation is 1. The first-order valence-electron chi connectivity index (χ1n) is 7.15. The van der Waals surface area contributed by atoms with E-state index in [0.29, 0.717) is 5.56 Å². The zero-order valence-electron chi connectivity index (χ0n) is 12.6. The van der Waals surface area contributed by atoms with Gasteiger partial charge in [-0.05, 0) is 61.8 Å². The molecule has 0 fully saturated rings. The molecule has 1 aromatic heterocycles. The van der Waals surface area contributed by atoms with Crippen molar-refractivity contribution >= 4 is 0 Å². The Hall–Kier alpha value is -1.78. The fourth-order valence-electron chi connectivity index (χ4n) is 2.24. The van der Waals surface area contributed by atoms with Crippen molar-refractivity contribution in [2.45, 2.75) is 25.9 Å². The molecule has 0 radical (unpaired) electrons. The maximum Gasteiger partial charge on any atom is 0.126 e. The minimum Gasteiger partial charge on any atom is -0.324 e. The van der Waals surface area contributed by atoms with E-state index in [1.807, 2.05) is 18.2 Å². The van der Waals surface area contributed by atoms with Gasteiger partial charge < -0.3 is 10.6 Å². The van der Waals surface area contributed by atoms with Crippen LogP contribution in [0.5, 0.6) is 0 Å². The Bertz CT molecular complexity index is 572. The van der Waals surface area contributed by atoms with Crippen LogP contribution in [-0.4, -0.2) is 23.5 Å². The standard InChI is InChI=1S/C17H22FN3/c1-13-3-4-15(11-16(13)18)17(19)7-10-21(2)12-14-5-8-20-9-6-14/h3-6,8-9,11,17H,7,10,12,19H2,1-2H3. The number of halogens is 1. The van der Waals surface area contributed by atoms with Crippen LogP contribution in [0.1, 0.15) is 29.2 Å². The second-order valence-corrected chi connectivity index (χ2v) is 5.50. The average Bonchev–Trinajstić information content (AvgIpc) is 2.48. The van der Waals surface area contributed by atoms with Crippen LogP contribution < -0.4 is 5.73 Å². The molecule has 112 valence electrons. The van der Waals surface area contributed by atoms with E-state index < -0.39 is 0 Å². The molecule has 3 nitrogen and oxygen atoms in total. The fraction of sp³-hybridized carbons (Fsp3) is 0.353. The van der Waals surface area contributed by atoms with Crippen molar-refractivity contribution in [1.82, 2.24) is 9.88 Å². The van der Waals surface area contributed by atoms with Crippen molar-refractivity contribution in [2.24, 2.45) is 5.73 Å². The summed E-state index contributed by atoms with van der Waals surface area (Å²) in [6, 6.07) is 9.11. The van der Waals surface area contributed by atoms with Gasteiger partial charge in [0, 0.05) is 25.0 Å². The van der Waals surface area contributed by atoms with Crippen LogP contribution in [0.2, 0.25) is 0 Å². The molecule has 2 aromatic rings. The highest BCUT2D eigenvalue weighted by molar-refractivity contribution is 5.25. The lowest BCUT2D eigenvalue weighted by molar-refractivity contribution is 0.311. The Kier molecular flexibility index (Phi) is 5.42. The molecule has 0 aliphatic heterocycles. The highest BCUT2D eigenvalue weighted by Gasteiger charge is 2.10. The molecule has 1 atom stereocenters. The Balaban J connectivity index is 1.85. The molecular weight excluding hydrogens is 265 g/mol. The molecule has 1 aromatic carbocycles. The van der Waals surface area contributed by atoms with Gasteiger partial charge in [-0.3, -0.25) is 4.98 Å². The summed E-state index contributed by atoms with van der Waals surface area (Å²) in [4.78, 5) is 6.22. The molecule has 21 heavy (non-hydrogen) atoms. The summed E-state index contributed by atoms with van der Waals surface area (Å²) in [7, 11) is 2.06. The van der Waals surface area contributed by atoms with Gasteiger partial charge in [0.05, 0.1) is 0 Å². The van der Waals surface area contributed by atoms with Crippen LogP contribution in [0.15, 0.2) is 42.7 Å². The van der Waals surface area contributed by atoms with Crippen molar-refractivity contribution in [1.29, 1.82) is 0 Å². The quantitative estimate of drug-likeness (QED) is 0.888. The Morgan fingerprint density at radius 3 is 2.62 bits per heavy atom. The number of nitrogens with two attached hydrogens (primary N) is 1. The average molecular weight is 287 g/mol. The molecule has 0 bridgehead atoms. The van der Waals surface area contributed by atoms with E-state index >= 15 is 0 Å². The highest BCUT2D eigenvalue weighted by atomic mass is 19.1. The third-order valence-corrected chi connectivity index (χ3v) is 3.65. The van der Waals surface area contributed by atoms with Gasteiger partial charge in [0.1, 0.15) is 5.82 Å². The molecule has 2 N–H and O–H groups in total. The third-order valence-electron chi connectivity index (χ3n) is 3.65. The number of rotatable bonds is 6. The molecule has 0 aliphatic carbocycles. The molecule has 1 unspecified atom stereocenters. The smallest absolute Gasteiger partial charge is 0.126 e. The van der Waals surface area contributed by atoms with Gasteiger partial charge in [0.15, 0.2) is 0 Å². The maximum absolute atomic E-state index is 13.6. The number of hydrogen-bond donors (Lipinski definition) is 1. The largest absolute Gasteiger partial charge is 0.324 e. The lowest BCUT2D eigenvalue weighted by Crippen LogP contribution is -2.23. The Morgan fingerprint density at radius 1 is 1.24 bits per heavy atom. The summed E-state index contributed by atoms with van der Waals surface area (Å²) in [6.07, 6.45) is 4.39. The van der Waals surface area contributed by atoms with Crippen LogP contribution in [0.25, 0.3) is 0 Å². The lowest BCUT2D eigenvalue weighted by atomic mass is 10.0. The van der Waals surface area contributed by atoms with Crippen LogP contribution in [-0.2, 0) is 6.54 Å². The maximum atomic E-state index is 13.6. The number of aromatic nitrogens is 1. The number of benzene rings is 1. The predicted molar refractivity (Wildman–Crippen MR) is 83.3 cm³/mol. The van der Waals surface area contributed by atoms with E-state index in [4.69, 9.17) is 5.73 Å². The van der Waals surface area contributed by atoms with Crippen LogP contribution >= 0.6 is 0 Å². The van der Waals surface area contributed by atoms with Crippen molar-refractivity contribution < 1.29 is 4.39 Å². The second kappa shape index (κ2) is 7.29. The zero-order chi connectivity index (χ0) is 15.2. The van der Waals surface area contributed by atoms with E-state index in [2.05, 4.69) is 16.9 Å². The van der Waals surface area contributed by atoms with E-state index in [1.54, 1.807) is 31.5 Å². The zero-order valence-corrected chi connectivity index (χ0v) is 12.6. The van der Waals surface area contributed by atoms with Crippen molar-refractivity contribution in [3.05, 3.63) is 65.2 Å². The predicted octanol–water partition coefficient (Wildman–Crippen LogP) is 3.05. The lowest BCUT2D eigenvalue weighted by Gasteiger charge is -2.20. The van der Waals surface area contributed by atoms with Crippen LogP contribution in [0.3, 0.4) is 0 Å². The molecule has 1 heterocycles. The summed E-state index contributed by atoms with van der Waals surface area (Å²) in [5, 5.41) is 0. The molecule has 0 saturated heterocycles. The van der Waals surface area contributed by atoms with E-state index in [9.17, 15) is 4.39 Å². The molecular formula is C17H22FN3. The van der Waals surface area contributed by atoms with Gasteiger partial charge in [-0.15, -0.1) is 0 Å². The number of hydrogen-bond acceptors (Lipinski definition) is 3. The van der Waals surface area contributed by atoms with Crippen LogP contribution in [0, 0.1) is 12.7 Å². The van der Waals surface area contributed by atoms with Gasteiger partial charge in [-0.2, -0.15) is 0 Å². The first-order valence-corrected chi connectivity index (χ1v) is 7.15. The monoisotopic (exact) mass is 287 g/mol.